The monoisotopic (exact) mass is 332 g/mol. The summed E-state index contributed by atoms with van der Waals surface area (Å²) in [4.78, 5) is 0. The summed E-state index contributed by atoms with van der Waals surface area (Å²) in [5.74, 6) is 0.831. The highest BCUT2D eigenvalue weighted by Crippen LogP contribution is 2.25. The van der Waals surface area contributed by atoms with Gasteiger partial charge in [-0.05, 0) is 39.2 Å². The Kier molecular flexibility index (Phi) is 5.84. The molecule has 0 amide bonds. The summed E-state index contributed by atoms with van der Waals surface area (Å²) in [5, 5.41) is 0. The number of methoxy groups -OCH3 is 1. The first kappa shape index (κ1) is 14.8. The zero-order valence-corrected chi connectivity index (χ0v) is 13.0. The van der Waals surface area contributed by atoms with Gasteiger partial charge in [-0.1, -0.05) is 48.6 Å². The van der Waals surface area contributed by atoms with E-state index in [0.717, 1.165) is 15.8 Å². The van der Waals surface area contributed by atoms with Crippen LogP contribution in [0.1, 0.15) is 11.1 Å². The fraction of sp³-hybridized carbons (Fsp3) is 0.176. The van der Waals surface area contributed by atoms with Crippen molar-refractivity contribution in [1.29, 1.82) is 0 Å². The van der Waals surface area contributed by atoms with Crippen molar-refractivity contribution in [2.75, 3.05) is 13.7 Å². The predicted molar refractivity (Wildman–Crippen MR) is 85.8 cm³/mol. The van der Waals surface area contributed by atoms with E-state index in [2.05, 4.69) is 34.1 Å². The second kappa shape index (κ2) is 7.88. The molecule has 0 atom stereocenters. The smallest absolute Gasteiger partial charge is 0.133 e. The first-order chi connectivity index (χ1) is 9.79. The third-order valence-corrected chi connectivity index (χ3v) is 3.43. The van der Waals surface area contributed by atoms with Gasteiger partial charge in [0.1, 0.15) is 5.75 Å². The standard InChI is InChI=1S/C17H17BrO2/c1-19-17-10-9-15(12-16(17)18)13-20-11-5-8-14-6-3-2-4-7-14/h2-10,12H,11,13H2,1H3. The molecule has 0 radical (unpaired) electrons. The summed E-state index contributed by atoms with van der Waals surface area (Å²) in [7, 11) is 1.66. The Balaban J connectivity index is 1.79. The molecule has 0 aliphatic carbocycles. The minimum Gasteiger partial charge on any atom is -0.496 e. The van der Waals surface area contributed by atoms with E-state index in [1.807, 2.05) is 42.5 Å². The molecular weight excluding hydrogens is 316 g/mol. The molecule has 0 unspecified atom stereocenters. The first-order valence-electron chi connectivity index (χ1n) is 6.41. The van der Waals surface area contributed by atoms with Crippen LogP contribution in [0.25, 0.3) is 6.08 Å². The summed E-state index contributed by atoms with van der Waals surface area (Å²) in [5.41, 5.74) is 2.30. The molecule has 0 saturated carbocycles. The third-order valence-electron chi connectivity index (χ3n) is 2.81. The lowest BCUT2D eigenvalue weighted by atomic mass is 10.2. The summed E-state index contributed by atoms with van der Waals surface area (Å²) >= 11 is 3.47. The molecule has 0 aliphatic heterocycles. The second-order valence-corrected chi connectivity index (χ2v) is 5.15. The van der Waals surface area contributed by atoms with Crippen molar-refractivity contribution in [1.82, 2.24) is 0 Å². The first-order valence-corrected chi connectivity index (χ1v) is 7.20. The largest absolute Gasteiger partial charge is 0.496 e. The third kappa shape index (κ3) is 4.51. The van der Waals surface area contributed by atoms with Crippen LogP contribution in [0.2, 0.25) is 0 Å². The molecule has 3 heteroatoms. The van der Waals surface area contributed by atoms with Gasteiger partial charge in [0.2, 0.25) is 0 Å². The summed E-state index contributed by atoms with van der Waals surface area (Å²) in [6.45, 7) is 1.18. The number of hydrogen-bond donors (Lipinski definition) is 0. The van der Waals surface area contributed by atoms with E-state index in [1.165, 1.54) is 5.56 Å². The van der Waals surface area contributed by atoms with Gasteiger partial charge in [-0.25, -0.2) is 0 Å². The van der Waals surface area contributed by atoms with Crippen LogP contribution in [0.3, 0.4) is 0 Å². The van der Waals surface area contributed by atoms with Crippen LogP contribution in [-0.4, -0.2) is 13.7 Å². The molecule has 2 rings (SSSR count). The lowest BCUT2D eigenvalue weighted by molar-refractivity contribution is 0.149. The zero-order chi connectivity index (χ0) is 14.2. The zero-order valence-electron chi connectivity index (χ0n) is 11.4. The number of hydrogen-bond acceptors (Lipinski definition) is 2. The van der Waals surface area contributed by atoms with Crippen molar-refractivity contribution in [3.8, 4) is 5.75 Å². The Morgan fingerprint density at radius 3 is 2.60 bits per heavy atom. The van der Waals surface area contributed by atoms with E-state index in [4.69, 9.17) is 9.47 Å². The highest BCUT2D eigenvalue weighted by Gasteiger charge is 2.00. The SMILES string of the molecule is COc1ccc(COCC=Cc2ccccc2)cc1Br. The fourth-order valence-corrected chi connectivity index (χ4v) is 2.38. The quantitative estimate of drug-likeness (QED) is 0.714. The maximum atomic E-state index is 5.62. The molecular formula is C17H17BrO2. The molecule has 20 heavy (non-hydrogen) atoms. The molecule has 0 bridgehead atoms. The van der Waals surface area contributed by atoms with Crippen molar-refractivity contribution >= 4 is 22.0 Å². The number of rotatable bonds is 6. The van der Waals surface area contributed by atoms with Crippen molar-refractivity contribution in [2.24, 2.45) is 0 Å². The minimum absolute atomic E-state index is 0.585. The van der Waals surface area contributed by atoms with Crippen LogP contribution in [-0.2, 0) is 11.3 Å². The molecule has 0 spiro atoms. The predicted octanol–water partition coefficient (Wildman–Crippen LogP) is 4.69. The molecule has 0 N–H and O–H groups in total. The fourth-order valence-electron chi connectivity index (χ4n) is 1.79. The van der Waals surface area contributed by atoms with Gasteiger partial charge in [-0.3, -0.25) is 0 Å². The van der Waals surface area contributed by atoms with E-state index in [9.17, 15) is 0 Å². The number of halogens is 1. The van der Waals surface area contributed by atoms with Crippen LogP contribution in [0, 0.1) is 0 Å². The van der Waals surface area contributed by atoms with Crippen LogP contribution >= 0.6 is 15.9 Å². The topological polar surface area (TPSA) is 18.5 Å². The molecule has 2 nitrogen and oxygen atoms in total. The van der Waals surface area contributed by atoms with Crippen LogP contribution in [0.15, 0.2) is 59.1 Å². The molecule has 0 saturated heterocycles. The Labute approximate surface area is 128 Å². The van der Waals surface area contributed by atoms with Crippen molar-refractivity contribution < 1.29 is 9.47 Å². The van der Waals surface area contributed by atoms with Gasteiger partial charge < -0.3 is 9.47 Å². The molecule has 2 aromatic carbocycles. The van der Waals surface area contributed by atoms with Crippen molar-refractivity contribution in [3.63, 3.8) is 0 Å². The van der Waals surface area contributed by atoms with Crippen molar-refractivity contribution in [2.45, 2.75) is 6.61 Å². The molecule has 2 aromatic rings. The second-order valence-electron chi connectivity index (χ2n) is 4.30. The van der Waals surface area contributed by atoms with E-state index in [-0.39, 0.29) is 0 Å². The van der Waals surface area contributed by atoms with Gasteiger partial charge in [0.25, 0.3) is 0 Å². The summed E-state index contributed by atoms with van der Waals surface area (Å²) in [6.07, 6.45) is 4.08. The molecule has 104 valence electrons. The van der Waals surface area contributed by atoms with Gasteiger partial charge in [0.15, 0.2) is 0 Å². The van der Waals surface area contributed by atoms with E-state index in [1.54, 1.807) is 7.11 Å². The lowest BCUT2D eigenvalue weighted by Crippen LogP contribution is -1.93. The highest BCUT2D eigenvalue weighted by atomic mass is 79.9. The number of benzene rings is 2. The van der Waals surface area contributed by atoms with Gasteiger partial charge in [0.05, 0.1) is 24.8 Å². The van der Waals surface area contributed by atoms with E-state index >= 15 is 0 Å². The maximum absolute atomic E-state index is 5.62. The van der Waals surface area contributed by atoms with E-state index < -0.39 is 0 Å². The summed E-state index contributed by atoms with van der Waals surface area (Å²) < 4.78 is 11.8. The van der Waals surface area contributed by atoms with Gasteiger partial charge in [-0.15, -0.1) is 0 Å². The Bertz CT molecular complexity index is 564. The Hall–Kier alpha value is -1.58. The molecule has 0 fully saturated rings. The molecule has 0 aromatic heterocycles. The van der Waals surface area contributed by atoms with Crippen LogP contribution in [0.4, 0.5) is 0 Å². The Morgan fingerprint density at radius 1 is 1.10 bits per heavy atom. The highest BCUT2D eigenvalue weighted by molar-refractivity contribution is 9.10. The van der Waals surface area contributed by atoms with E-state index in [0.29, 0.717) is 13.2 Å². The van der Waals surface area contributed by atoms with Gasteiger partial charge in [-0.2, -0.15) is 0 Å². The van der Waals surface area contributed by atoms with Crippen molar-refractivity contribution in [3.05, 3.63) is 70.2 Å². The molecule has 0 heterocycles. The average molecular weight is 333 g/mol. The summed E-state index contributed by atoms with van der Waals surface area (Å²) in [6, 6.07) is 16.1. The van der Waals surface area contributed by atoms with Gasteiger partial charge in [0, 0.05) is 0 Å². The van der Waals surface area contributed by atoms with Crippen LogP contribution < -0.4 is 4.74 Å². The lowest BCUT2D eigenvalue weighted by Gasteiger charge is -2.06. The minimum atomic E-state index is 0.585. The molecule has 0 aliphatic rings. The Morgan fingerprint density at radius 2 is 1.90 bits per heavy atom. The van der Waals surface area contributed by atoms with Crippen LogP contribution in [0.5, 0.6) is 5.75 Å². The maximum Gasteiger partial charge on any atom is 0.133 e. The number of ether oxygens (including phenoxy) is 2. The average Bonchev–Trinajstić information content (AvgIpc) is 2.48. The normalized spacial score (nSPS) is 10.9. The van der Waals surface area contributed by atoms with Gasteiger partial charge >= 0.3 is 0 Å².